The molecule has 0 atom stereocenters. The fourth-order valence-electron chi connectivity index (χ4n) is 1.22. The number of nitrogens with zero attached hydrogens (tertiary/aromatic N) is 2. The van der Waals surface area contributed by atoms with Crippen LogP contribution in [0.25, 0.3) is 0 Å². The zero-order valence-electron chi connectivity index (χ0n) is 8.79. The Balaban J connectivity index is 2.73. The number of rotatable bonds is 5. The minimum absolute atomic E-state index is 0.443. The van der Waals surface area contributed by atoms with Crippen molar-refractivity contribution < 1.29 is 4.74 Å². The fraction of sp³-hybridized carbons (Fsp3) is 0.600. The molecule has 0 aliphatic rings. The van der Waals surface area contributed by atoms with Gasteiger partial charge in [0, 0.05) is 18.4 Å². The number of nitrogens with two attached hydrogens (primary N) is 1. The maximum Gasteiger partial charge on any atom is 0.156 e. The van der Waals surface area contributed by atoms with E-state index in [4.69, 9.17) is 10.5 Å². The summed E-state index contributed by atoms with van der Waals surface area (Å²) < 4.78 is 5.23. The van der Waals surface area contributed by atoms with E-state index in [1.54, 1.807) is 0 Å². The van der Waals surface area contributed by atoms with E-state index in [1.165, 1.54) is 0 Å². The van der Waals surface area contributed by atoms with Crippen molar-refractivity contribution in [1.29, 1.82) is 0 Å². The van der Waals surface area contributed by atoms with E-state index in [2.05, 4.69) is 16.9 Å². The molecule has 1 aromatic heterocycles. The summed E-state index contributed by atoms with van der Waals surface area (Å²) in [6.07, 6.45) is 2.00. The van der Waals surface area contributed by atoms with Crippen LogP contribution in [0.1, 0.15) is 31.8 Å². The molecule has 0 spiro atoms. The molecule has 0 bridgehead atoms. The van der Waals surface area contributed by atoms with Crippen molar-refractivity contribution in [1.82, 2.24) is 9.97 Å². The van der Waals surface area contributed by atoms with Gasteiger partial charge in [-0.2, -0.15) is 0 Å². The van der Waals surface area contributed by atoms with Crippen LogP contribution in [0, 0.1) is 0 Å². The van der Waals surface area contributed by atoms with E-state index in [1.807, 2.05) is 13.0 Å². The highest BCUT2D eigenvalue weighted by atomic mass is 16.5. The zero-order chi connectivity index (χ0) is 10.4. The fourth-order valence-corrected chi connectivity index (χ4v) is 1.22. The Kier molecular flexibility index (Phi) is 4.32. The summed E-state index contributed by atoms with van der Waals surface area (Å²) in [4.78, 5) is 8.44. The Morgan fingerprint density at radius 2 is 2.14 bits per heavy atom. The SMILES string of the molecule is CCCc1cc(N)nc(COCC)n1. The third-order valence-corrected chi connectivity index (χ3v) is 1.79. The van der Waals surface area contributed by atoms with E-state index < -0.39 is 0 Å². The topological polar surface area (TPSA) is 61.0 Å². The Hall–Kier alpha value is -1.16. The van der Waals surface area contributed by atoms with E-state index in [-0.39, 0.29) is 0 Å². The van der Waals surface area contributed by atoms with Gasteiger partial charge in [-0.3, -0.25) is 0 Å². The van der Waals surface area contributed by atoms with Gasteiger partial charge in [-0.1, -0.05) is 13.3 Å². The van der Waals surface area contributed by atoms with Crippen molar-refractivity contribution in [2.75, 3.05) is 12.3 Å². The van der Waals surface area contributed by atoms with Gasteiger partial charge in [0.1, 0.15) is 12.4 Å². The zero-order valence-corrected chi connectivity index (χ0v) is 8.79. The number of anilines is 1. The quantitative estimate of drug-likeness (QED) is 0.774. The minimum Gasteiger partial charge on any atom is -0.384 e. The lowest BCUT2D eigenvalue weighted by atomic mass is 10.2. The molecule has 4 nitrogen and oxygen atoms in total. The molecule has 0 saturated carbocycles. The maximum absolute atomic E-state index is 5.65. The van der Waals surface area contributed by atoms with E-state index >= 15 is 0 Å². The molecule has 1 rings (SSSR count). The molecule has 0 fully saturated rings. The normalized spacial score (nSPS) is 10.4. The summed E-state index contributed by atoms with van der Waals surface area (Å²) in [5, 5.41) is 0. The molecule has 0 unspecified atom stereocenters. The second-order valence-corrected chi connectivity index (χ2v) is 3.09. The summed E-state index contributed by atoms with van der Waals surface area (Å²) in [7, 11) is 0. The first-order valence-electron chi connectivity index (χ1n) is 4.96. The van der Waals surface area contributed by atoms with Crippen LogP contribution in [-0.2, 0) is 17.8 Å². The van der Waals surface area contributed by atoms with Crippen molar-refractivity contribution in [3.8, 4) is 0 Å². The standard InChI is InChI=1S/C10H17N3O/c1-3-5-8-6-9(11)13-10(12-8)7-14-4-2/h6H,3-5,7H2,1-2H3,(H2,11,12,13). The molecule has 4 heteroatoms. The summed E-state index contributed by atoms with van der Waals surface area (Å²) in [5.74, 6) is 1.20. The van der Waals surface area contributed by atoms with Crippen LogP contribution in [0.5, 0.6) is 0 Å². The Morgan fingerprint density at radius 1 is 1.36 bits per heavy atom. The second kappa shape index (κ2) is 5.54. The van der Waals surface area contributed by atoms with Gasteiger partial charge in [0.05, 0.1) is 0 Å². The second-order valence-electron chi connectivity index (χ2n) is 3.09. The van der Waals surface area contributed by atoms with Gasteiger partial charge in [-0.25, -0.2) is 9.97 Å². The number of nitrogen functional groups attached to an aromatic ring is 1. The molecule has 1 heterocycles. The van der Waals surface area contributed by atoms with Crippen LogP contribution < -0.4 is 5.73 Å². The first kappa shape index (κ1) is 10.9. The predicted octanol–water partition coefficient (Wildman–Crippen LogP) is 1.55. The Labute approximate surface area is 84.5 Å². The van der Waals surface area contributed by atoms with Crippen molar-refractivity contribution in [3.05, 3.63) is 17.6 Å². The van der Waals surface area contributed by atoms with Crippen LogP contribution in [0.4, 0.5) is 5.82 Å². The number of hydrogen-bond acceptors (Lipinski definition) is 4. The van der Waals surface area contributed by atoms with Crippen LogP contribution >= 0.6 is 0 Å². The minimum atomic E-state index is 0.443. The maximum atomic E-state index is 5.65. The molecular weight excluding hydrogens is 178 g/mol. The summed E-state index contributed by atoms with van der Waals surface area (Å²) in [6.45, 7) is 5.17. The highest BCUT2D eigenvalue weighted by Gasteiger charge is 2.01. The predicted molar refractivity (Wildman–Crippen MR) is 55.8 cm³/mol. The number of aromatic nitrogens is 2. The largest absolute Gasteiger partial charge is 0.384 e. The third-order valence-electron chi connectivity index (χ3n) is 1.79. The van der Waals surface area contributed by atoms with Gasteiger partial charge in [0.2, 0.25) is 0 Å². The smallest absolute Gasteiger partial charge is 0.156 e. The molecule has 0 amide bonds. The van der Waals surface area contributed by atoms with E-state index in [0.29, 0.717) is 24.9 Å². The van der Waals surface area contributed by atoms with Crippen LogP contribution in [0.3, 0.4) is 0 Å². The summed E-state index contributed by atoms with van der Waals surface area (Å²) in [6, 6.07) is 1.82. The molecule has 1 aromatic rings. The van der Waals surface area contributed by atoms with Gasteiger partial charge >= 0.3 is 0 Å². The van der Waals surface area contributed by atoms with E-state index in [0.717, 1.165) is 18.5 Å². The molecule has 78 valence electrons. The highest BCUT2D eigenvalue weighted by molar-refractivity contribution is 5.29. The van der Waals surface area contributed by atoms with Crippen molar-refractivity contribution >= 4 is 5.82 Å². The van der Waals surface area contributed by atoms with Gasteiger partial charge in [0.15, 0.2) is 5.82 Å². The third kappa shape index (κ3) is 3.30. The Bertz CT molecular complexity index is 289. The highest BCUT2D eigenvalue weighted by Crippen LogP contribution is 2.06. The molecule has 0 aromatic carbocycles. The average molecular weight is 195 g/mol. The average Bonchev–Trinajstić information content (AvgIpc) is 2.14. The van der Waals surface area contributed by atoms with Crippen LogP contribution in [0.2, 0.25) is 0 Å². The van der Waals surface area contributed by atoms with E-state index in [9.17, 15) is 0 Å². The summed E-state index contributed by atoms with van der Waals surface area (Å²) >= 11 is 0. The van der Waals surface area contributed by atoms with Gasteiger partial charge in [0.25, 0.3) is 0 Å². The molecule has 14 heavy (non-hydrogen) atoms. The number of ether oxygens (including phenoxy) is 1. The summed E-state index contributed by atoms with van der Waals surface area (Å²) in [5.41, 5.74) is 6.65. The molecular formula is C10H17N3O. The number of aryl methyl sites for hydroxylation is 1. The van der Waals surface area contributed by atoms with Crippen LogP contribution in [-0.4, -0.2) is 16.6 Å². The first-order chi connectivity index (χ1) is 6.76. The lowest BCUT2D eigenvalue weighted by Crippen LogP contribution is -2.05. The lowest BCUT2D eigenvalue weighted by molar-refractivity contribution is 0.128. The monoisotopic (exact) mass is 195 g/mol. The molecule has 2 N–H and O–H groups in total. The Morgan fingerprint density at radius 3 is 2.79 bits per heavy atom. The van der Waals surface area contributed by atoms with Crippen molar-refractivity contribution in [2.24, 2.45) is 0 Å². The van der Waals surface area contributed by atoms with Gasteiger partial charge < -0.3 is 10.5 Å². The first-order valence-corrected chi connectivity index (χ1v) is 4.96. The lowest BCUT2D eigenvalue weighted by Gasteiger charge is -2.04. The van der Waals surface area contributed by atoms with Crippen molar-refractivity contribution in [2.45, 2.75) is 33.3 Å². The van der Waals surface area contributed by atoms with Crippen molar-refractivity contribution in [3.63, 3.8) is 0 Å². The van der Waals surface area contributed by atoms with Gasteiger partial charge in [-0.15, -0.1) is 0 Å². The molecule has 0 aliphatic heterocycles. The molecule has 0 aliphatic carbocycles. The molecule has 0 radical (unpaired) electrons. The number of hydrogen-bond donors (Lipinski definition) is 1. The van der Waals surface area contributed by atoms with Crippen LogP contribution in [0.15, 0.2) is 6.07 Å². The molecule has 0 saturated heterocycles. The van der Waals surface area contributed by atoms with Gasteiger partial charge in [-0.05, 0) is 13.3 Å².